The van der Waals surface area contributed by atoms with Crippen LogP contribution in [0.5, 0.6) is 0 Å². The van der Waals surface area contributed by atoms with Crippen LogP contribution < -0.4 is 0 Å². The van der Waals surface area contributed by atoms with Crippen molar-refractivity contribution in [2.24, 2.45) is 0 Å². The van der Waals surface area contributed by atoms with Crippen LogP contribution >= 0.6 is 0 Å². The number of aryl methyl sites for hydroxylation is 1. The van der Waals surface area contributed by atoms with Crippen molar-refractivity contribution < 1.29 is 9.90 Å². The zero-order valence-corrected chi connectivity index (χ0v) is 9.19. The van der Waals surface area contributed by atoms with E-state index in [0.717, 1.165) is 11.1 Å². The maximum Gasteiger partial charge on any atom is 0.337 e. The van der Waals surface area contributed by atoms with Crippen LogP contribution in [0, 0.1) is 6.92 Å². The van der Waals surface area contributed by atoms with Crippen LogP contribution in [0.2, 0.25) is 0 Å². The van der Waals surface area contributed by atoms with Gasteiger partial charge in [0.25, 0.3) is 0 Å². The van der Waals surface area contributed by atoms with Crippen molar-refractivity contribution in [3.8, 4) is 0 Å². The second-order valence-electron chi connectivity index (χ2n) is 3.63. The van der Waals surface area contributed by atoms with E-state index >= 15 is 0 Å². The maximum atomic E-state index is 11.1. The molecule has 0 bridgehead atoms. The number of rotatable bonds is 3. The lowest BCUT2D eigenvalue weighted by Gasteiger charge is -2.10. The number of carbonyl (C=O) groups is 1. The molecule has 0 spiro atoms. The Bertz CT molecular complexity index is 394. The molecule has 1 N–H and O–H groups in total. The highest BCUT2D eigenvalue weighted by Gasteiger charge is 2.12. The van der Waals surface area contributed by atoms with E-state index in [1.807, 2.05) is 31.2 Å². The summed E-state index contributed by atoms with van der Waals surface area (Å²) in [6, 6.07) is 7.46. The molecule has 0 aliphatic heterocycles. The molecule has 3 nitrogen and oxygen atoms in total. The van der Waals surface area contributed by atoms with Crippen molar-refractivity contribution in [1.82, 2.24) is 4.90 Å². The van der Waals surface area contributed by atoms with E-state index < -0.39 is 5.97 Å². The third kappa shape index (κ3) is 2.84. The van der Waals surface area contributed by atoms with Gasteiger partial charge in [-0.1, -0.05) is 24.3 Å². The maximum absolute atomic E-state index is 11.1. The fourth-order valence-corrected chi connectivity index (χ4v) is 1.37. The topological polar surface area (TPSA) is 40.5 Å². The Morgan fingerprint density at radius 3 is 2.40 bits per heavy atom. The van der Waals surface area contributed by atoms with E-state index in [2.05, 4.69) is 0 Å². The smallest absolute Gasteiger partial charge is 0.337 e. The molecule has 0 radical (unpaired) electrons. The zero-order chi connectivity index (χ0) is 11.4. The van der Waals surface area contributed by atoms with Crippen LogP contribution in [0.4, 0.5) is 0 Å². The molecule has 1 aromatic rings. The molecule has 0 aliphatic rings. The van der Waals surface area contributed by atoms with Crippen LogP contribution in [-0.4, -0.2) is 30.1 Å². The van der Waals surface area contributed by atoms with Gasteiger partial charge in [-0.2, -0.15) is 0 Å². The lowest BCUT2D eigenvalue weighted by Crippen LogP contribution is -2.08. The van der Waals surface area contributed by atoms with Crippen molar-refractivity contribution in [2.75, 3.05) is 14.1 Å². The number of nitrogens with zero attached hydrogens (tertiary/aromatic N) is 1. The van der Waals surface area contributed by atoms with Crippen molar-refractivity contribution in [1.29, 1.82) is 0 Å². The van der Waals surface area contributed by atoms with Gasteiger partial charge in [-0.05, 0) is 18.1 Å². The van der Waals surface area contributed by atoms with Gasteiger partial charge in [-0.25, -0.2) is 4.79 Å². The van der Waals surface area contributed by atoms with E-state index in [-0.39, 0.29) is 0 Å². The zero-order valence-electron chi connectivity index (χ0n) is 9.19. The summed E-state index contributed by atoms with van der Waals surface area (Å²) in [6.07, 6.45) is 1.62. The highest BCUT2D eigenvalue weighted by molar-refractivity contribution is 6.15. The first-order valence-electron chi connectivity index (χ1n) is 4.70. The highest BCUT2D eigenvalue weighted by Crippen LogP contribution is 2.18. The van der Waals surface area contributed by atoms with Gasteiger partial charge in [-0.15, -0.1) is 0 Å². The quantitative estimate of drug-likeness (QED) is 0.767. The predicted molar refractivity (Wildman–Crippen MR) is 60.5 cm³/mol. The molecule has 0 aliphatic carbocycles. The summed E-state index contributed by atoms with van der Waals surface area (Å²) in [5.74, 6) is -0.905. The monoisotopic (exact) mass is 205 g/mol. The molecular weight excluding hydrogens is 190 g/mol. The summed E-state index contributed by atoms with van der Waals surface area (Å²) in [5, 5.41) is 9.11. The van der Waals surface area contributed by atoms with Gasteiger partial charge in [-0.3, -0.25) is 0 Å². The summed E-state index contributed by atoms with van der Waals surface area (Å²) in [6.45, 7) is 1.90. The van der Waals surface area contributed by atoms with Crippen LogP contribution in [0.3, 0.4) is 0 Å². The molecule has 80 valence electrons. The van der Waals surface area contributed by atoms with E-state index in [0.29, 0.717) is 5.57 Å². The molecule has 1 aromatic carbocycles. The first kappa shape index (κ1) is 11.3. The van der Waals surface area contributed by atoms with Gasteiger partial charge in [0.15, 0.2) is 0 Å². The van der Waals surface area contributed by atoms with Crippen LogP contribution in [0.15, 0.2) is 30.5 Å². The number of hydrogen-bond acceptors (Lipinski definition) is 2. The van der Waals surface area contributed by atoms with Crippen LogP contribution in [0.1, 0.15) is 11.1 Å². The molecule has 15 heavy (non-hydrogen) atoms. The Labute approximate surface area is 89.6 Å². The molecule has 1 rings (SSSR count). The second kappa shape index (κ2) is 4.64. The molecule has 0 aromatic heterocycles. The van der Waals surface area contributed by atoms with Crippen molar-refractivity contribution in [2.45, 2.75) is 6.92 Å². The Morgan fingerprint density at radius 2 is 1.93 bits per heavy atom. The molecule has 0 fully saturated rings. The summed E-state index contributed by atoms with van der Waals surface area (Å²) < 4.78 is 0. The van der Waals surface area contributed by atoms with Crippen LogP contribution in [-0.2, 0) is 4.79 Å². The average Bonchev–Trinajstić information content (AvgIpc) is 2.15. The molecule has 3 heteroatoms. The molecule has 0 heterocycles. The third-order valence-corrected chi connectivity index (χ3v) is 2.05. The Kier molecular flexibility index (Phi) is 3.50. The predicted octanol–water partition coefficient (Wildman–Crippen LogP) is 1.98. The Hall–Kier alpha value is -1.77. The van der Waals surface area contributed by atoms with Crippen LogP contribution in [0.25, 0.3) is 5.57 Å². The third-order valence-electron chi connectivity index (χ3n) is 2.05. The minimum atomic E-state index is -0.905. The Balaban J connectivity index is 3.23. The molecule has 0 atom stereocenters. The summed E-state index contributed by atoms with van der Waals surface area (Å²) in [5.41, 5.74) is 2.05. The number of aliphatic carboxylic acids is 1. The van der Waals surface area contributed by atoms with Gasteiger partial charge in [0.2, 0.25) is 0 Å². The first-order chi connectivity index (χ1) is 7.02. The van der Waals surface area contributed by atoms with E-state index in [1.54, 1.807) is 25.2 Å². The molecular formula is C12H15NO2. The fourth-order valence-electron chi connectivity index (χ4n) is 1.37. The summed E-state index contributed by atoms with van der Waals surface area (Å²) in [7, 11) is 3.61. The molecule has 0 amide bonds. The number of carboxylic acid groups (broad SMARTS) is 1. The number of carboxylic acids is 1. The van der Waals surface area contributed by atoms with E-state index in [9.17, 15) is 4.79 Å². The Morgan fingerprint density at radius 1 is 1.33 bits per heavy atom. The lowest BCUT2D eigenvalue weighted by atomic mass is 10.0. The average molecular weight is 205 g/mol. The minimum Gasteiger partial charge on any atom is -0.478 e. The summed E-state index contributed by atoms with van der Waals surface area (Å²) in [4.78, 5) is 12.8. The minimum absolute atomic E-state index is 0.318. The van der Waals surface area contributed by atoms with Crippen molar-refractivity contribution >= 4 is 11.5 Å². The fraction of sp³-hybridized carbons (Fsp3) is 0.250. The summed E-state index contributed by atoms with van der Waals surface area (Å²) >= 11 is 0. The number of hydrogen-bond donors (Lipinski definition) is 1. The van der Waals surface area contributed by atoms with Gasteiger partial charge >= 0.3 is 5.97 Å². The molecule has 0 unspecified atom stereocenters. The van der Waals surface area contributed by atoms with Gasteiger partial charge < -0.3 is 10.0 Å². The standard InChI is InChI=1S/C12H15NO2/c1-9-6-4-5-7-10(9)11(12(14)15)8-13(2)3/h4-8H,1-3H3,(H,14,15)/b11-8+. The van der Waals surface area contributed by atoms with E-state index in [1.165, 1.54) is 0 Å². The first-order valence-corrected chi connectivity index (χ1v) is 4.70. The molecule has 0 saturated carbocycles. The number of benzene rings is 1. The van der Waals surface area contributed by atoms with Gasteiger partial charge in [0.05, 0.1) is 5.57 Å². The van der Waals surface area contributed by atoms with Crippen molar-refractivity contribution in [3.63, 3.8) is 0 Å². The molecule has 0 saturated heterocycles. The van der Waals surface area contributed by atoms with E-state index in [4.69, 9.17) is 5.11 Å². The van der Waals surface area contributed by atoms with Gasteiger partial charge in [0.1, 0.15) is 0 Å². The normalized spacial score (nSPS) is 11.3. The van der Waals surface area contributed by atoms with Crippen molar-refractivity contribution in [3.05, 3.63) is 41.6 Å². The SMILES string of the molecule is Cc1ccccc1/C(=C\N(C)C)C(=O)O. The van der Waals surface area contributed by atoms with Gasteiger partial charge in [0, 0.05) is 20.3 Å². The second-order valence-corrected chi connectivity index (χ2v) is 3.63. The highest BCUT2D eigenvalue weighted by atomic mass is 16.4. The lowest BCUT2D eigenvalue weighted by molar-refractivity contribution is -0.130. The largest absolute Gasteiger partial charge is 0.478 e.